The number of nitrogens with one attached hydrogen (secondary N) is 2. The summed E-state index contributed by atoms with van der Waals surface area (Å²) in [5.41, 5.74) is 9.38. The van der Waals surface area contributed by atoms with E-state index in [0.29, 0.717) is 34.2 Å². The lowest BCUT2D eigenvalue weighted by Crippen LogP contribution is -2.12. The zero-order valence-corrected chi connectivity index (χ0v) is 34.2. The molecule has 0 spiro atoms. The van der Waals surface area contributed by atoms with Crippen molar-refractivity contribution in [1.82, 2.24) is 19.9 Å². The fourth-order valence-electron chi connectivity index (χ4n) is 8.29. The summed E-state index contributed by atoms with van der Waals surface area (Å²) in [6.07, 6.45) is 0. The number of benzene rings is 9. The second-order valence-electron chi connectivity index (χ2n) is 15.5. The molecule has 0 radical (unpaired) electrons. The van der Waals surface area contributed by atoms with E-state index in [4.69, 9.17) is 19.9 Å². The van der Waals surface area contributed by atoms with Crippen LogP contribution in [0.15, 0.2) is 206 Å². The van der Waals surface area contributed by atoms with Gasteiger partial charge in [0.05, 0.1) is 22.4 Å². The third-order valence-corrected chi connectivity index (χ3v) is 11.5. The molecule has 2 N–H and O–H groups in total. The Hall–Kier alpha value is -8.88. The predicted molar refractivity (Wildman–Crippen MR) is 258 cm³/mol. The van der Waals surface area contributed by atoms with Gasteiger partial charge in [0.15, 0.2) is 11.6 Å². The van der Waals surface area contributed by atoms with Crippen LogP contribution in [-0.4, -0.2) is 31.8 Å². The van der Waals surface area contributed by atoms with Crippen molar-refractivity contribution < 1.29 is 9.59 Å². The standard InChI is InChI=1S/C56H36N6O2/c63-55(45-19-9-13-35-11-1-3-15-43(35)45)57-41-31-27-39(28-32-41)53-59-49-21-7-5-17-47(49)51(61-53)37-23-25-38(26-24-37)52-48-18-6-8-22-50(48)60-54(62-52)40-29-33-42(34-30-40)58-56(64)46-20-10-14-36-12-2-4-16-44(36)46/h1-34H,(H,57,63)(H,58,64). The summed E-state index contributed by atoms with van der Waals surface area (Å²) in [5.74, 6) is 0.820. The van der Waals surface area contributed by atoms with Crippen LogP contribution in [0.5, 0.6) is 0 Å². The number of hydrogen-bond donors (Lipinski definition) is 2. The Kier molecular flexibility index (Phi) is 9.63. The number of carbonyl (C=O) groups is 2. The number of hydrogen-bond acceptors (Lipinski definition) is 6. The van der Waals surface area contributed by atoms with Gasteiger partial charge in [-0.2, -0.15) is 0 Å². The minimum atomic E-state index is -0.169. The number of rotatable bonds is 8. The Morgan fingerprint density at radius 1 is 0.312 bits per heavy atom. The Bertz CT molecular complexity index is 3340. The highest BCUT2D eigenvalue weighted by atomic mass is 16.2. The van der Waals surface area contributed by atoms with Gasteiger partial charge in [-0.25, -0.2) is 19.9 Å². The van der Waals surface area contributed by atoms with Crippen molar-refractivity contribution in [3.8, 4) is 45.3 Å². The minimum Gasteiger partial charge on any atom is -0.322 e. The normalized spacial score (nSPS) is 11.2. The van der Waals surface area contributed by atoms with Crippen molar-refractivity contribution in [2.75, 3.05) is 10.6 Å². The fraction of sp³-hybridized carbons (Fsp3) is 0. The number of fused-ring (bicyclic) bond motifs is 4. The van der Waals surface area contributed by atoms with Crippen LogP contribution < -0.4 is 10.6 Å². The summed E-state index contributed by atoms with van der Waals surface area (Å²) >= 11 is 0. The lowest BCUT2D eigenvalue weighted by molar-refractivity contribution is 0.102. The average Bonchev–Trinajstić information content (AvgIpc) is 3.36. The molecule has 11 rings (SSSR count). The first-order chi connectivity index (χ1) is 31.5. The molecule has 0 aliphatic carbocycles. The molecule has 2 amide bonds. The van der Waals surface area contributed by atoms with Gasteiger partial charge in [0.2, 0.25) is 0 Å². The van der Waals surface area contributed by atoms with E-state index in [1.54, 1.807) is 0 Å². The molecular formula is C56H36N6O2. The summed E-state index contributed by atoms with van der Waals surface area (Å²) in [5, 5.41) is 11.8. The quantitative estimate of drug-likeness (QED) is 0.158. The second-order valence-corrected chi connectivity index (χ2v) is 15.5. The first-order valence-electron chi connectivity index (χ1n) is 21.0. The summed E-state index contributed by atoms with van der Waals surface area (Å²) in [4.78, 5) is 46.8. The second kappa shape index (κ2) is 16.2. The number of carbonyl (C=O) groups excluding carboxylic acids is 2. The van der Waals surface area contributed by atoms with Gasteiger partial charge in [-0.3, -0.25) is 9.59 Å². The zero-order chi connectivity index (χ0) is 43.0. The van der Waals surface area contributed by atoms with E-state index in [2.05, 4.69) is 34.9 Å². The molecule has 0 fully saturated rings. The van der Waals surface area contributed by atoms with Crippen LogP contribution >= 0.6 is 0 Å². The third kappa shape index (κ3) is 7.25. The fourth-order valence-corrected chi connectivity index (χ4v) is 8.29. The summed E-state index contributed by atoms with van der Waals surface area (Å²) in [7, 11) is 0. The van der Waals surface area contributed by atoms with Crippen molar-refractivity contribution in [3.63, 3.8) is 0 Å². The average molecular weight is 825 g/mol. The van der Waals surface area contributed by atoms with Crippen LogP contribution in [0.25, 0.3) is 88.6 Å². The Balaban J connectivity index is 0.871. The molecule has 2 aromatic heterocycles. The lowest BCUT2D eigenvalue weighted by Gasteiger charge is -2.12. The van der Waals surface area contributed by atoms with Gasteiger partial charge in [0.1, 0.15) is 0 Å². The number of para-hydroxylation sites is 2. The van der Waals surface area contributed by atoms with Crippen LogP contribution in [-0.2, 0) is 0 Å². The summed E-state index contributed by atoms with van der Waals surface area (Å²) in [6.45, 7) is 0. The number of anilines is 2. The molecule has 8 nitrogen and oxygen atoms in total. The molecule has 0 unspecified atom stereocenters. The van der Waals surface area contributed by atoms with Gasteiger partial charge in [-0.1, -0.05) is 133 Å². The molecule has 0 aliphatic rings. The molecule has 9 aromatic carbocycles. The number of aromatic nitrogens is 4. The van der Waals surface area contributed by atoms with E-state index in [9.17, 15) is 9.59 Å². The molecule has 0 saturated heterocycles. The highest BCUT2D eigenvalue weighted by Crippen LogP contribution is 2.34. The Labute approximate surface area is 368 Å². The van der Waals surface area contributed by atoms with Crippen LogP contribution in [0, 0.1) is 0 Å². The zero-order valence-electron chi connectivity index (χ0n) is 34.2. The van der Waals surface area contributed by atoms with Gasteiger partial charge >= 0.3 is 0 Å². The number of amides is 2. The highest BCUT2D eigenvalue weighted by molar-refractivity contribution is 6.14. The molecule has 11 aromatic rings. The van der Waals surface area contributed by atoms with E-state index in [0.717, 1.165) is 77.0 Å². The first-order valence-corrected chi connectivity index (χ1v) is 21.0. The predicted octanol–water partition coefficient (Wildman–Crippen LogP) is 13.1. The minimum absolute atomic E-state index is 0.169. The largest absolute Gasteiger partial charge is 0.322 e. The molecular weight excluding hydrogens is 789 g/mol. The molecule has 0 atom stereocenters. The Morgan fingerprint density at radius 3 is 1.08 bits per heavy atom. The maximum Gasteiger partial charge on any atom is 0.256 e. The lowest BCUT2D eigenvalue weighted by atomic mass is 10.0. The topological polar surface area (TPSA) is 110 Å². The summed E-state index contributed by atoms with van der Waals surface area (Å²) in [6, 6.07) is 66.8. The van der Waals surface area contributed by atoms with Gasteiger partial charge in [0, 0.05) is 55.5 Å². The van der Waals surface area contributed by atoms with Gasteiger partial charge < -0.3 is 10.6 Å². The SMILES string of the molecule is O=C(Nc1ccc(-c2nc(-c3ccc(-c4nc(-c5ccc(NC(=O)c6cccc7ccccc67)cc5)nc5ccccc45)cc3)c3ccccc3n2)cc1)c1cccc2ccccc12. The van der Waals surface area contributed by atoms with Crippen LogP contribution in [0.4, 0.5) is 11.4 Å². The van der Waals surface area contributed by atoms with Gasteiger partial charge in [-0.05, 0) is 94.3 Å². The van der Waals surface area contributed by atoms with Crippen molar-refractivity contribution in [1.29, 1.82) is 0 Å². The van der Waals surface area contributed by atoms with Crippen molar-refractivity contribution >= 4 is 66.5 Å². The van der Waals surface area contributed by atoms with Crippen molar-refractivity contribution in [2.24, 2.45) is 0 Å². The van der Waals surface area contributed by atoms with E-state index in [1.165, 1.54) is 0 Å². The van der Waals surface area contributed by atoms with Crippen molar-refractivity contribution in [3.05, 3.63) is 217 Å². The van der Waals surface area contributed by atoms with E-state index >= 15 is 0 Å². The maximum atomic E-state index is 13.3. The molecule has 2 heterocycles. The maximum absolute atomic E-state index is 13.3. The first kappa shape index (κ1) is 38.1. The van der Waals surface area contributed by atoms with Crippen LogP contribution in [0.3, 0.4) is 0 Å². The van der Waals surface area contributed by atoms with Crippen LogP contribution in [0.2, 0.25) is 0 Å². The monoisotopic (exact) mass is 824 g/mol. The van der Waals surface area contributed by atoms with E-state index < -0.39 is 0 Å². The van der Waals surface area contributed by atoms with Gasteiger partial charge in [-0.15, -0.1) is 0 Å². The molecule has 302 valence electrons. The molecule has 0 saturated carbocycles. The van der Waals surface area contributed by atoms with Crippen molar-refractivity contribution in [2.45, 2.75) is 0 Å². The highest BCUT2D eigenvalue weighted by Gasteiger charge is 2.17. The van der Waals surface area contributed by atoms with E-state index in [1.807, 2.05) is 182 Å². The molecule has 0 bridgehead atoms. The summed E-state index contributed by atoms with van der Waals surface area (Å²) < 4.78 is 0. The number of nitrogens with zero attached hydrogens (tertiary/aromatic N) is 4. The molecule has 0 aliphatic heterocycles. The van der Waals surface area contributed by atoms with E-state index in [-0.39, 0.29) is 11.8 Å². The third-order valence-electron chi connectivity index (χ3n) is 11.5. The Morgan fingerprint density at radius 2 is 0.656 bits per heavy atom. The smallest absolute Gasteiger partial charge is 0.256 e. The molecule has 64 heavy (non-hydrogen) atoms. The van der Waals surface area contributed by atoms with Crippen LogP contribution in [0.1, 0.15) is 20.7 Å². The van der Waals surface area contributed by atoms with Gasteiger partial charge in [0.25, 0.3) is 11.8 Å². The molecule has 8 heteroatoms.